The topological polar surface area (TPSA) is 46.9 Å². The van der Waals surface area contributed by atoms with Gasteiger partial charge < -0.3 is 9.88 Å². The summed E-state index contributed by atoms with van der Waals surface area (Å²) in [5.41, 5.74) is 2.19. The van der Waals surface area contributed by atoms with E-state index >= 15 is 0 Å². The Hall–Kier alpha value is -1.84. The van der Waals surface area contributed by atoms with Crippen molar-refractivity contribution in [2.24, 2.45) is 5.92 Å². The Morgan fingerprint density at radius 2 is 2.05 bits per heavy atom. The number of para-hydroxylation sites is 2. The van der Waals surface area contributed by atoms with Crippen molar-refractivity contribution in [3.63, 3.8) is 0 Å². The highest BCUT2D eigenvalue weighted by Crippen LogP contribution is 2.27. The molecule has 0 aliphatic heterocycles. The van der Waals surface area contributed by atoms with Crippen LogP contribution in [0.5, 0.6) is 0 Å². The zero-order valence-electron chi connectivity index (χ0n) is 12.4. The molecule has 3 rings (SSSR count). The summed E-state index contributed by atoms with van der Waals surface area (Å²) in [6.07, 6.45) is 8.87. The number of nitrogens with zero attached hydrogens (tertiary/aromatic N) is 2. The van der Waals surface area contributed by atoms with Crippen LogP contribution in [-0.2, 0) is 17.9 Å². The number of amides is 1. The largest absolute Gasteiger partial charge is 0.351 e. The van der Waals surface area contributed by atoms with Gasteiger partial charge in [-0.05, 0) is 24.5 Å². The molecule has 112 valence electrons. The Labute approximate surface area is 125 Å². The van der Waals surface area contributed by atoms with Gasteiger partial charge in [-0.25, -0.2) is 4.98 Å². The summed E-state index contributed by atoms with van der Waals surface area (Å²) in [5, 5.41) is 2.74. The van der Waals surface area contributed by atoms with Gasteiger partial charge in [-0.15, -0.1) is 0 Å². The van der Waals surface area contributed by atoms with Gasteiger partial charge in [0.2, 0.25) is 6.41 Å². The maximum atomic E-state index is 10.6. The van der Waals surface area contributed by atoms with Gasteiger partial charge in [-0.2, -0.15) is 0 Å². The molecule has 1 heterocycles. The lowest BCUT2D eigenvalue weighted by Gasteiger charge is -2.22. The minimum atomic E-state index is 0.503. The van der Waals surface area contributed by atoms with Crippen molar-refractivity contribution < 1.29 is 4.79 Å². The van der Waals surface area contributed by atoms with Gasteiger partial charge >= 0.3 is 0 Å². The smallest absolute Gasteiger partial charge is 0.207 e. The maximum absolute atomic E-state index is 10.6. The van der Waals surface area contributed by atoms with Crippen molar-refractivity contribution >= 4 is 17.4 Å². The summed E-state index contributed by atoms with van der Waals surface area (Å²) in [6, 6.07) is 8.22. The van der Waals surface area contributed by atoms with E-state index in [4.69, 9.17) is 0 Å². The zero-order chi connectivity index (χ0) is 14.5. The van der Waals surface area contributed by atoms with E-state index in [0.717, 1.165) is 30.2 Å². The van der Waals surface area contributed by atoms with Crippen molar-refractivity contribution in [2.45, 2.75) is 51.6 Å². The number of rotatable bonds is 6. The number of hydrogen-bond acceptors (Lipinski definition) is 2. The summed E-state index contributed by atoms with van der Waals surface area (Å²) in [4.78, 5) is 15.2. The van der Waals surface area contributed by atoms with E-state index in [1.54, 1.807) is 0 Å². The lowest BCUT2D eigenvalue weighted by Crippen LogP contribution is -2.17. The first-order chi connectivity index (χ1) is 10.4. The molecular weight excluding hydrogens is 262 g/mol. The second-order valence-electron chi connectivity index (χ2n) is 5.96. The molecule has 1 aliphatic carbocycles. The molecule has 0 spiro atoms. The Kier molecular flexibility index (Phi) is 4.53. The zero-order valence-corrected chi connectivity index (χ0v) is 12.4. The highest BCUT2D eigenvalue weighted by molar-refractivity contribution is 5.75. The van der Waals surface area contributed by atoms with Crippen LogP contribution in [-0.4, -0.2) is 16.0 Å². The number of carbonyl (C=O) groups is 1. The number of aromatic nitrogens is 2. The average Bonchev–Trinajstić information content (AvgIpc) is 2.89. The number of imidazole rings is 1. The van der Waals surface area contributed by atoms with Crippen LogP contribution in [0.1, 0.15) is 44.3 Å². The third-order valence-corrected chi connectivity index (χ3v) is 4.56. The Bertz CT molecular complexity index is 599. The molecule has 21 heavy (non-hydrogen) atoms. The minimum Gasteiger partial charge on any atom is -0.351 e. The van der Waals surface area contributed by atoms with E-state index in [1.165, 1.54) is 44.0 Å². The van der Waals surface area contributed by atoms with E-state index < -0.39 is 0 Å². The minimum absolute atomic E-state index is 0.503. The van der Waals surface area contributed by atoms with Gasteiger partial charge in [0.1, 0.15) is 5.82 Å². The predicted molar refractivity (Wildman–Crippen MR) is 83.8 cm³/mol. The molecule has 1 amide bonds. The molecule has 0 radical (unpaired) electrons. The number of nitrogens with one attached hydrogen (secondary N) is 1. The van der Waals surface area contributed by atoms with Gasteiger partial charge in [0.05, 0.1) is 17.6 Å². The second kappa shape index (κ2) is 6.74. The molecule has 0 atom stereocenters. The molecule has 0 bridgehead atoms. The summed E-state index contributed by atoms with van der Waals surface area (Å²) in [6.45, 7) is 1.50. The average molecular weight is 285 g/mol. The third kappa shape index (κ3) is 3.26. The number of fused-ring (bicyclic) bond motifs is 1. The third-order valence-electron chi connectivity index (χ3n) is 4.56. The Morgan fingerprint density at radius 3 is 2.86 bits per heavy atom. The Morgan fingerprint density at radius 1 is 1.24 bits per heavy atom. The van der Waals surface area contributed by atoms with Gasteiger partial charge in [0, 0.05) is 6.54 Å². The molecule has 0 unspecified atom stereocenters. The van der Waals surface area contributed by atoms with Crippen LogP contribution in [0.4, 0.5) is 0 Å². The fourth-order valence-corrected chi connectivity index (χ4v) is 3.43. The van der Waals surface area contributed by atoms with Crippen molar-refractivity contribution in [1.29, 1.82) is 0 Å². The molecule has 1 saturated carbocycles. The molecule has 0 saturated heterocycles. The molecular formula is C17H23N3O. The van der Waals surface area contributed by atoms with E-state index in [1.807, 2.05) is 12.1 Å². The second-order valence-corrected chi connectivity index (χ2v) is 5.96. The number of hydrogen-bond donors (Lipinski definition) is 1. The predicted octanol–water partition coefficient (Wildman–Crippen LogP) is 3.25. The van der Waals surface area contributed by atoms with E-state index in [9.17, 15) is 4.79 Å². The first kappa shape index (κ1) is 14.1. The first-order valence-corrected chi connectivity index (χ1v) is 7.99. The molecule has 4 heteroatoms. The summed E-state index contributed by atoms with van der Waals surface area (Å²) in [5.74, 6) is 1.81. The van der Waals surface area contributed by atoms with Gasteiger partial charge in [-0.3, -0.25) is 4.79 Å². The Balaban J connectivity index is 1.78. The first-order valence-electron chi connectivity index (χ1n) is 7.99. The summed E-state index contributed by atoms with van der Waals surface area (Å²) >= 11 is 0. The standard InChI is InChI=1S/C17H23N3O/c21-13-18-12-17-19-15-8-4-5-9-16(15)20(17)11-10-14-6-2-1-3-7-14/h4-5,8-9,13-14H,1-3,6-7,10-12H2,(H,18,21). The van der Waals surface area contributed by atoms with E-state index in [2.05, 4.69) is 27.0 Å². The van der Waals surface area contributed by atoms with Crippen molar-refractivity contribution in [3.8, 4) is 0 Å². The number of aryl methyl sites for hydroxylation is 1. The molecule has 1 fully saturated rings. The SMILES string of the molecule is O=CNCc1nc2ccccc2n1CCC1CCCCC1. The van der Waals surface area contributed by atoms with Crippen molar-refractivity contribution in [1.82, 2.24) is 14.9 Å². The van der Waals surface area contributed by atoms with Crippen LogP contribution in [0.25, 0.3) is 11.0 Å². The summed E-state index contributed by atoms with van der Waals surface area (Å²) in [7, 11) is 0. The molecule has 2 aromatic rings. The van der Waals surface area contributed by atoms with Crippen molar-refractivity contribution in [3.05, 3.63) is 30.1 Å². The maximum Gasteiger partial charge on any atom is 0.207 e. The molecule has 1 aromatic carbocycles. The van der Waals surface area contributed by atoms with Crippen LogP contribution in [0.15, 0.2) is 24.3 Å². The van der Waals surface area contributed by atoms with E-state index in [0.29, 0.717) is 6.54 Å². The number of carbonyl (C=O) groups excluding carboxylic acids is 1. The lowest BCUT2D eigenvalue weighted by atomic mass is 9.87. The number of benzene rings is 1. The van der Waals surface area contributed by atoms with Crippen LogP contribution < -0.4 is 5.32 Å². The highest BCUT2D eigenvalue weighted by Gasteiger charge is 2.15. The van der Waals surface area contributed by atoms with Gasteiger partial charge in [0.15, 0.2) is 0 Å². The van der Waals surface area contributed by atoms with Crippen LogP contribution in [0.3, 0.4) is 0 Å². The monoisotopic (exact) mass is 285 g/mol. The molecule has 1 N–H and O–H groups in total. The van der Waals surface area contributed by atoms with Crippen LogP contribution >= 0.6 is 0 Å². The molecule has 1 aromatic heterocycles. The van der Waals surface area contributed by atoms with E-state index in [-0.39, 0.29) is 0 Å². The highest BCUT2D eigenvalue weighted by atomic mass is 16.1. The fraction of sp³-hybridized carbons (Fsp3) is 0.529. The van der Waals surface area contributed by atoms with Gasteiger partial charge in [-0.1, -0.05) is 44.2 Å². The molecule has 4 nitrogen and oxygen atoms in total. The normalized spacial score (nSPS) is 16.2. The van der Waals surface area contributed by atoms with Crippen molar-refractivity contribution in [2.75, 3.05) is 0 Å². The van der Waals surface area contributed by atoms with Crippen LogP contribution in [0.2, 0.25) is 0 Å². The quantitative estimate of drug-likeness (QED) is 0.828. The lowest BCUT2D eigenvalue weighted by molar-refractivity contribution is -0.109. The van der Waals surface area contributed by atoms with Gasteiger partial charge in [0.25, 0.3) is 0 Å². The summed E-state index contributed by atoms with van der Waals surface area (Å²) < 4.78 is 2.28. The molecule has 1 aliphatic rings. The fourth-order valence-electron chi connectivity index (χ4n) is 3.43. The van der Waals surface area contributed by atoms with Crippen LogP contribution in [0, 0.1) is 5.92 Å².